The molecule has 0 bridgehead atoms. The molecule has 0 aromatic rings. The quantitative estimate of drug-likeness (QED) is 0.634. The van der Waals surface area contributed by atoms with Crippen molar-refractivity contribution in [2.24, 2.45) is 5.41 Å². The van der Waals surface area contributed by atoms with E-state index >= 15 is 0 Å². The minimum Gasteiger partial charge on any atom is -0.300 e. The monoisotopic (exact) mass is 193 g/mol. The molecule has 0 aromatic heterocycles. The van der Waals surface area contributed by atoms with Gasteiger partial charge in [0.2, 0.25) is 0 Å². The van der Waals surface area contributed by atoms with Crippen LogP contribution < -0.4 is 0 Å². The maximum atomic E-state index is 11.1. The molecule has 2 saturated carbocycles. The van der Waals surface area contributed by atoms with Gasteiger partial charge in [0.25, 0.3) is 0 Å². The first kappa shape index (κ1) is 8.90. The minimum atomic E-state index is 0.474. The van der Waals surface area contributed by atoms with Crippen LogP contribution in [0.5, 0.6) is 0 Å². The molecular weight excluding hydrogens is 174 g/mol. The van der Waals surface area contributed by atoms with Crippen LogP contribution in [-0.4, -0.2) is 29.8 Å². The summed E-state index contributed by atoms with van der Waals surface area (Å²) in [6, 6.07) is 0.859. The first-order valence-corrected chi connectivity index (χ1v) is 6.06. The summed E-state index contributed by atoms with van der Waals surface area (Å²) < 4.78 is 0. The van der Waals surface area contributed by atoms with Crippen molar-refractivity contribution in [3.8, 4) is 0 Å². The highest BCUT2D eigenvalue weighted by molar-refractivity contribution is 5.79. The van der Waals surface area contributed by atoms with Gasteiger partial charge in [0, 0.05) is 32.0 Å². The smallest absolute Gasteiger partial charge is 0.135 e. The lowest BCUT2D eigenvalue weighted by atomic mass is 10.0. The lowest BCUT2D eigenvalue weighted by Gasteiger charge is -2.28. The Kier molecular flexibility index (Phi) is 1.94. The lowest BCUT2D eigenvalue weighted by molar-refractivity contribution is -0.121. The van der Waals surface area contributed by atoms with Crippen LogP contribution in [0.25, 0.3) is 0 Å². The lowest BCUT2D eigenvalue weighted by Crippen LogP contribution is -2.37. The Balaban J connectivity index is 1.60. The van der Waals surface area contributed by atoms with Crippen LogP contribution in [0.15, 0.2) is 0 Å². The van der Waals surface area contributed by atoms with Crippen molar-refractivity contribution in [1.82, 2.24) is 4.90 Å². The molecule has 1 spiro atoms. The Hall–Kier alpha value is -0.370. The van der Waals surface area contributed by atoms with Crippen molar-refractivity contribution in [1.29, 1.82) is 0 Å². The molecule has 0 amide bonds. The van der Waals surface area contributed by atoms with Crippen LogP contribution in [-0.2, 0) is 4.79 Å². The zero-order chi connectivity index (χ0) is 9.60. The Morgan fingerprint density at radius 1 is 1.14 bits per heavy atom. The molecule has 1 atom stereocenters. The Bertz CT molecular complexity index is 245. The third-order valence-electron chi connectivity index (χ3n) is 4.54. The first-order chi connectivity index (χ1) is 6.80. The van der Waals surface area contributed by atoms with E-state index in [1.807, 2.05) is 0 Å². The summed E-state index contributed by atoms with van der Waals surface area (Å²) in [5, 5.41) is 0. The molecule has 0 radical (unpaired) electrons. The summed E-state index contributed by atoms with van der Waals surface area (Å²) in [6.45, 7) is 2.09. The van der Waals surface area contributed by atoms with Gasteiger partial charge in [-0.15, -0.1) is 0 Å². The molecule has 3 rings (SSSR count). The van der Waals surface area contributed by atoms with Crippen LogP contribution >= 0.6 is 0 Å². The highest BCUT2D eigenvalue weighted by Crippen LogP contribution is 2.60. The van der Waals surface area contributed by atoms with Crippen LogP contribution in [0, 0.1) is 5.41 Å². The van der Waals surface area contributed by atoms with Crippen molar-refractivity contribution < 1.29 is 4.79 Å². The van der Waals surface area contributed by atoms with Crippen molar-refractivity contribution in [2.45, 2.75) is 51.0 Å². The predicted molar refractivity (Wildman–Crippen MR) is 55.1 cm³/mol. The molecule has 1 saturated heterocycles. The van der Waals surface area contributed by atoms with Gasteiger partial charge in [-0.1, -0.05) is 12.8 Å². The highest BCUT2D eigenvalue weighted by atomic mass is 16.1. The molecular formula is C12H19NO. The SMILES string of the molecule is O=C1CCN(C2CC23CCCC3)CC1. The fourth-order valence-corrected chi connectivity index (χ4v) is 3.54. The van der Waals surface area contributed by atoms with E-state index in [1.165, 1.54) is 32.1 Å². The molecule has 2 nitrogen and oxygen atoms in total. The average Bonchev–Trinajstić information content (AvgIpc) is 2.68. The molecule has 1 heterocycles. The number of likely N-dealkylation sites (tertiary alicyclic amines) is 1. The van der Waals surface area contributed by atoms with E-state index in [4.69, 9.17) is 0 Å². The number of Topliss-reactive ketones (excluding diaryl/α,β-unsaturated/α-hetero) is 1. The van der Waals surface area contributed by atoms with Crippen LogP contribution in [0.1, 0.15) is 44.9 Å². The van der Waals surface area contributed by atoms with Crippen LogP contribution in [0.2, 0.25) is 0 Å². The summed E-state index contributed by atoms with van der Waals surface area (Å²) in [7, 11) is 0. The van der Waals surface area contributed by atoms with Gasteiger partial charge in [-0.25, -0.2) is 0 Å². The molecule has 2 heteroatoms. The number of hydrogen-bond acceptors (Lipinski definition) is 2. The van der Waals surface area contributed by atoms with Gasteiger partial charge < -0.3 is 0 Å². The van der Waals surface area contributed by atoms with E-state index in [1.54, 1.807) is 0 Å². The maximum Gasteiger partial charge on any atom is 0.135 e. The maximum absolute atomic E-state index is 11.1. The van der Waals surface area contributed by atoms with Gasteiger partial charge in [0.1, 0.15) is 5.78 Å². The van der Waals surface area contributed by atoms with E-state index in [0.717, 1.165) is 37.4 Å². The third-order valence-corrected chi connectivity index (χ3v) is 4.54. The second-order valence-electron chi connectivity index (χ2n) is 5.36. The average molecular weight is 193 g/mol. The van der Waals surface area contributed by atoms with Gasteiger partial charge in [-0.05, 0) is 24.7 Å². The molecule has 0 N–H and O–H groups in total. The number of nitrogens with zero attached hydrogens (tertiary/aromatic N) is 1. The van der Waals surface area contributed by atoms with Gasteiger partial charge in [0.15, 0.2) is 0 Å². The van der Waals surface area contributed by atoms with Gasteiger partial charge in [0.05, 0.1) is 0 Å². The van der Waals surface area contributed by atoms with E-state index in [2.05, 4.69) is 4.90 Å². The largest absolute Gasteiger partial charge is 0.300 e. The number of ketones is 1. The van der Waals surface area contributed by atoms with Crippen LogP contribution in [0.3, 0.4) is 0 Å². The van der Waals surface area contributed by atoms with E-state index < -0.39 is 0 Å². The first-order valence-electron chi connectivity index (χ1n) is 6.06. The fourth-order valence-electron chi connectivity index (χ4n) is 3.54. The molecule has 78 valence electrons. The second-order valence-corrected chi connectivity index (χ2v) is 5.36. The summed E-state index contributed by atoms with van der Waals surface area (Å²) >= 11 is 0. The highest BCUT2D eigenvalue weighted by Gasteiger charge is 2.57. The summed E-state index contributed by atoms with van der Waals surface area (Å²) in [5.41, 5.74) is 0.723. The number of carbonyl (C=O) groups is 1. The minimum absolute atomic E-state index is 0.474. The molecule has 1 aliphatic heterocycles. The number of piperidine rings is 1. The van der Waals surface area contributed by atoms with Crippen molar-refractivity contribution in [3.05, 3.63) is 0 Å². The van der Waals surface area contributed by atoms with E-state index in [0.29, 0.717) is 5.78 Å². The topological polar surface area (TPSA) is 20.3 Å². The Morgan fingerprint density at radius 3 is 2.43 bits per heavy atom. The van der Waals surface area contributed by atoms with Gasteiger partial charge >= 0.3 is 0 Å². The van der Waals surface area contributed by atoms with Gasteiger partial charge in [-0.3, -0.25) is 9.69 Å². The Morgan fingerprint density at radius 2 is 1.79 bits per heavy atom. The zero-order valence-electron chi connectivity index (χ0n) is 8.80. The zero-order valence-corrected chi connectivity index (χ0v) is 8.80. The number of rotatable bonds is 1. The van der Waals surface area contributed by atoms with Crippen LogP contribution in [0.4, 0.5) is 0 Å². The normalized spacial score (nSPS) is 36.6. The van der Waals surface area contributed by atoms with Crippen molar-refractivity contribution >= 4 is 5.78 Å². The molecule has 14 heavy (non-hydrogen) atoms. The summed E-state index contributed by atoms with van der Waals surface area (Å²) in [5.74, 6) is 0.474. The predicted octanol–water partition coefficient (Wildman–Crippen LogP) is 1.98. The number of hydrogen-bond donors (Lipinski definition) is 0. The summed E-state index contributed by atoms with van der Waals surface area (Å²) in [6.07, 6.45) is 8.87. The summed E-state index contributed by atoms with van der Waals surface area (Å²) in [4.78, 5) is 13.7. The number of carbonyl (C=O) groups excluding carboxylic acids is 1. The Labute approximate surface area is 85.7 Å². The van der Waals surface area contributed by atoms with Gasteiger partial charge in [-0.2, -0.15) is 0 Å². The van der Waals surface area contributed by atoms with Crippen molar-refractivity contribution in [2.75, 3.05) is 13.1 Å². The molecule has 1 unspecified atom stereocenters. The molecule has 0 aromatic carbocycles. The molecule has 3 aliphatic rings. The van der Waals surface area contributed by atoms with E-state index in [-0.39, 0.29) is 0 Å². The van der Waals surface area contributed by atoms with E-state index in [9.17, 15) is 4.79 Å². The third kappa shape index (κ3) is 1.31. The molecule has 2 aliphatic carbocycles. The second kappa shape index (κ2) is 3.06. The molecule has 3 fully saturated rings. The fraction of sp³-hybridized carbons (Fsp3) is 0.917. The standard InChI is InChI=1S/C12H19NO/c14-10-3-7-13(8-4-10)11-9-12(11)5-1-2-6-12/h11H,1-9H2. The van der Waals surface area contributed by atoms with Crippen molar-refractivity contribution in [3.63, 3.8) is 0 Å².